The van der Waals surface area contributed by atoms with Crippen molar-refractivity contribution in [1.82, 2.24) is 14.5 Å². The van der Waals surface area contributed by atoms with Gasteiger partial charge >= 0.3 is 12.0 Å². The second-order valence-electron chi connectivity index (χ2n) is 13.4. The number of hydrogen-bond donors (Lipinski definition) is 0. The molecule has 11 nitrogen and oxygen atoms in total. The number of benzene rings is 1. The van der Waals surface area contributed by atoms with E-state index in [1.165, 1.54) is 22.2 Å². The molecule has 12 heteroatoms. The summed E-state index contributed by atoms with van der Waals surface area (Å²) < 4.78 is 37.8. The van der Waals surface area contributed by atoms with E-state index in [1.54, 1.807) is 13.3 Å². The van der Waals surface area contributed by atoms with Crippen molar-refractivity contribution in [2.75, 3.05) is 13.7 Å². The summed E-state index contributed by atoms with van der Waals surface area (Å²) in [5, 5.41) is 0.399. The molecule has 4 atom stereocenters. The van der Waals surface area contributed by atoms with E-state index in [4.69, 9.17) is 33.1 Å². The van der Waals surface area contributed by atoms with Gasteiger partial charge in [0.05, 0.1) is 41.9 Å². The number of rotatable bonds is 10. The van der Waals surface area contributed by atoms with Crippen LogP contribution < -0.4 is 15.0 Å². The number of fused-ring (bicyclic) bond motifs is 3. The highest BCUT2D eigenvalue weighted by atomic mass is 32.1. The van der Waals surface area contributed by atoms with Crippen molar-refractivity contribution in [2.45, 2.75) is 102 Å². The molecule has 46 heavy (non-hydrogen) atoms. The number of hydrogen-bond acceptors (Lipinski definition) is 11. The monoisotopic (exact) mass is 649 g/mol. The minimum absolute atomic E-state index is 0.0257. The average molecular weight is 650 g/mol. The highest BCUT2D eigenvalue weighted by Gasteiger charge is 2.57. The van der Waals surface area contributed by atoms with Crippen molar-refractivity contribution in [2.24, 2.45) is 0 Å². The largest absolute Gasteiger partial charge is 0.496 e. The van der Waals surface area contributed by atoms with E-state index in [0.717, 1.165) is 31.2 Å². The Morgan fingerprint density at radius 3 is 2.57 bits per heavy atom. The van der Waals surface area contributed by atoms with Gasteiger partial charge in [-0.25, -0.2) is 14.3 Å². The van der Waals surface area contributed by atoms with Crippen molar-refractivity contribution < 1.29 is 32.9 Å². The first-order valence-electron chi connectivity index (χ1n) is 15.8. The number of esters is 1. The summed E-state index contributed by atoms with van der Waals surface area (Å²) in [5.41, 5.74) is -0.823. The Morgan fingerprint density at radius 2 is 1.91 bits per heavy atom. The lowest BCUT2D eigenvalue weighted by molar-refractivity contribution is -0.161. The number of oxazole rings is 1. The van der Waals surface area contributed by atoms with E-state index in [0.29, 0.717) is 45.1 Å². The smallest absolute Gasteiger partial charge is 0.333 e. The molecule has 2 bridgehead atoms. The molecule has 0 N–H and O–H groups in total. The van der Waals surface area contributed by atoms with Crippen LogP contribution in [0.3, 0.4) is 0 Å². The maximum absolute atomic E-state index is 14.4. The van der Waals surface area contributed by atoms with Gasteiger partial charge in [0.25, 0.3) is 5.56 Å². The van der Waals surface area contributed by atoms with Gasteiger partial charge in [-0.2, -0.15) is 4.98 Å². The van der Waals surface area contributed by atoms with Crippen LogP contribution in [0.5, 0.6) is 11.8 Å². The minimum Gasteiger partial charge on any atom is -0.496 e. The Labute approximate surface area is 270 Å². The SMILES string of the molecule is COc1ccccc1[C@H](COc1nc2sc(-c3ncco3)c(C)c2c(=O)n1C1(C(=O)OC(C)(C)C)CC1)OC1C[C@H]2CC[C@@H](C1)O2. The zero-order chi connectivity index (χ0) is 32.2. The summed E-state index contributed by atoms with van der Waals surface area (Å²) in [6, 6.07) is 7.72. The summed E-state index contributed by atoms with van der Waals surface area (Å²) >= 11 is 1.30. The van der Waals surface area contributed by atoms with Crippen LogP contribution in [0, 0.1) is 6.92 Å². The summed E-state index contributed by atoms with van der Waals surface area (Å²) in [6.45, 7) is 7.31. The number of thiophene rings is 1. The Morgan fingerprint density at radius 1 is 1.17 bits per heavy atom. The predicted molar refractivity (Wildman–Crippen MR) is 170 cm³/mol. The fourth-order valence-electron chi connectivity index (χ4n) is 6.63. The summed E-state index contributed by atoms with van der Waals surface area (Å²) in [7, 11) is 1.63. The van der Waals surface area contributed by atoms with Crippen LogP contribution in [-0.4, -0.2) is 58.1 Å². The molecular formula is C34H39N3O8S. The molecule has 3 fully saturated rings. The Kier molecular flexibility index (Phi) is 7.93. The van der Waals surface area contributed by atoms with Crippen LogP contribution in [0.25, 0.3) is 21.0 Å². The Bertz CT molecular complexity index is 1790. The van der Waals surface area contributed by atoms with Gasteiger partial charge in [-0.15, -0.1) is 11.3 Å². The maximum Gasteiger partial charge on any atom is 0.333 e. The highest BCUT2D eigenvalue weighted by molar-refractivity contribution is 7.22. The van der Waals surface area contributed by atoms with E-state index in [9.17, 15) is 9.59 Å². The van der Waals surface area contributed by atoms with Crippen molar-refractivity contribution in [3.8, 4) is 22.5 Å². The number of para-hydroxylation sites is 1. The Hall–Kier alpha value is -3.74. The molecule has 244 valence electrons. The van der Waals surface area contributed by atoms with Gasteiger partial charge in [0.1, 0.15) is 40.7 Å². The highest BCUT2D eigenvalue weighted by Crippen LogP contribution is 2.48. The zero-order valence-corrected chi connectivity index (χ0v) is 27.6. The van der Waals surface area contributed by atoms with Gasteiger partial charge in [-0.3, -0.25) is 4.79 Å². The molecule has 1 saturated carbocycles. The molecule has 1 aromatic carbocycles. The number of carbonyl (C=O) groups is 1. The zero-order valence-electron chi connectivity index (χ0n) is 26.7. The van der Waals surface area contributed by atoms with Crippen LogP contribution in [0.1, 0.15) is 76.5 Å². The first-order chi connectivity index (χ1) is 22.1. The number of carbonyl (C=O) groups excluding carboxylic acids is 1. The van der Waals surface area contributed by atoms with Crippen LogP contribution in [-0.2, 0) is 24.5 Å². The number of aromatic nitrogens is 3. The standard InChI is InChI=1S/C34H39N3O8S/c1-19-26-29(46-27(19)28-35-14-15-41-28)36-32(37(30(26)38)34(12-13-34)31(39)45-33(2,3)4)42-18-25(23-8-6-7-9-24(23)40-5)44-22-16-20-10-11-21(17-22)43-20/h6-9,14-15,20-22,25H,10-13,16-18H2,1-5H3/t20-,21+,22?,25-/m0/s1. The third kappa shape index (κ3) is 5.71. The van der Waals surface area contributed by atoms with Gasteiger partial charge in [-0.1, -0.05) is 18.2 Å². The maximum atomic E-state index is 14.4. The van der Waals surface area contributed by atoms with Crippen molar-refractivity contribution in [3.63, 3.8) is 0 Å². The molecule has 0 spiro atoms. The second-order valence-corrected chi connectivity index (χ2v) is 14.4. The third-order valence-corrected chi connectivity index (χ3v) is 10.1. The van der Waals surface area contributed by atoms with E-state index in [-0.39, 0.29) is 36.5 Å². The van der Waals surface area contributed by atoms with E-state index >= 15 is 0 Å². The van der Waals surface area contributed by atoms with Crippen LogP contribution in [0.2, 0.25) is 0 Å². The number of ether oxygens (including phenoxy) is 5. The van der Waals surface area contributed by atoms with Gasteiger partial charge in [0, 0.05) is 5.56 Å². The summed E-state index contributed by atoms with van der Waals surface area (Å²) in [4.78, 5) is 38.5. The average Bonchev–Trinajstić information content (AvgIpc) is 3.30. The van der Waals surface area contributed by atoms with E-state index < -0.39 is 23.2 Å². The normalized spacial score (nSPS) is 22.5. The first kappa shape index (κ1) is 30.9. The molecule has 1 unspecified atom stereocenters. The molecule has 2 saturated heterocycles. The first-order valence-corrected chi connectivity index (χ1v) is 16.6. The summed E-state index contributed by atoms with van der Waals surface area (Å²) in [6.07, 6.45) is 7.42. The number of nitrogens with zero attached hydrogens (tertiary/aromatic N) is 3. The van der Waals surface area contributed by atoms with Crippen LogP contribution >= 0.6 is 11.3 Å². The van der Waals surface area contributed by atoms with Gasteiger partial charge in [0.2, 0.25) is 5.89 Å². The lowest BCUT2D eigenvalue weighted by Gasteiger charge is -2.32. The van der Waals surface area contributed by atoms with Crippen molar-refractivity contribution in [3.05, 3.63) is 58.2 Å². The quantitative estimate of drug-likeness (QED) is 0.186. The molecule has 0 amide bonds. The van der Waals surface area contributed by atoms with Gasteiger partial charge in [-0.05, 0) is 77.8 Å². The Balaban J connectivity index is 1.29. The fraction of sp³-hybridized carbons (Fsp3) is 0.529. The van der Waals surface area contributed by atoms with Crippen LogP contribution in [0.4, 0.5) is 0 Å². The topological polar surface area (TPSA) is 124 Å². The lowest BCUT2D eigenvalue weighted by Crippen LogP contribution is -2.42. The lowest BCUT2D eigenvalue weighted by atomic mass is 10.0. The molecule has 5 heterocycles. The van der Waals surface area contributed by atoms with Crippen molar-refractivity contribution >= 4 is 27.5 Å². The second kappa shape index (κ2) is 11.8. The third-order valence-electron chi connectivity index (χ3n) is 8.94. The molecule has 3 aliphatic rings. The minimum atomic E-state index is -1.22. The predicted octanol–water partition coefficient (Wildman–Crippen LogP) is 6.11. The summed E-state index contributed by atoms with van der Waals surface area (Å²) in [5.74, 6) is 0.588. The molecular weight excluding hydrogens is 610 g/mol. The van der Waals surface area contributed by atoms with E-state index in [2.05, 4.69) is 4.98 Å². The van der Waals surface area contributed by atoms with Crippen LogP contribution in [0.15, 0.2) is 45.9 Å². The number of methoxy groups -OCH3 is 1. The molecule has 1 aliphatic carbocycles. The molecule has 7 rings (SSSR count). The van der Waals surface area contributed by atoms with Gasteiger partial charge in [0.15, 0.2) is 0 Å². The molecule has 3 aromatic heterocycles. The number of aryl methyl sites for hydroxylation is 1. The molecule has 2 aliphatic heterocycles. The fourth-order valence-corrected chi connectivity index (χ4v) is 7.73. The molecule has 4 aromatic rings. The van der Waals surface area contributed by atoms with E-state index in [1.807, 2.05) is 52.0 Å². The van der Waals surface area contributed by atoms with Gasteiger partial charge < -0.3 is 28.1 Å². The van der Waals surface area contributed by atoms with Crippen molar-refractivity contribution in [1.29, 1.82) is 0 Å². The molecule has 0 radical (unpaired) electrons.